The summed E-state index contributed by atoms with van der Waals surface area (Å²) in [7, 11) is 0. The number of benzene rings is 3. The van der Waals surface area contributed by atoms with E-state index in [9.17, 15) is 0 Å². The predicted molar refractivity (Wildman–Crippen MR) is 148 cm³/mol. The predicted octanol–water partition coefficient (Wildman–Crippen LogP) is 9.57. The van der Waals surface area contributed by atoms with Crippen molar-refractivity contribution in [3.8, 4) is 34.0 Å². The smallest absolute Gasteiger partial charge is 0.134 e. The molecule has 6 rings (SSSR count). The minimum Gasteiger partial charge on any atom is -0.460 e. The molecular weight excluding hydrogens is 456 g/mol. The maximum Gasteiger partial charge on any atom is 0.134 e. The summed E-state index contributed by atoms with van der Waals surface area (Å²) in [5.74, 6) is 4.43. The molecule has 0 N–H and O–H groups in total. The Morgan fingerprint density at radius 3 is 0.892 bits per heavy atom. The van der Waals surface area contributed by atoms with Crippen molar-refractivity contribution in [2.24, 2.45) is 0 Å². The molecule has 3 aromatic carbocycles. The molecule has 0 aliphatic heterocycles. The minimum absolute atomic E-state index is 0.322. The van der Waals surface area contributed by atoms with Gasteiger partial charge in [0.1, 0.15) is 40.5 Å². The Balaban J connectivity index is 1.41. The van der Waals surface area contributed by atoms with Crippen LogP contribution in [0.5, 0.6) is 0 Å². The van der Waals surface area contributed by atoms with E-state index in [-0.39, 0.29) is 5.92 Å². The third kappa shape index (κ3) is 4.68. The van der Waals surface area contributed by atoms with Crippen LogP contribution in [0.25, 0.3) is 34.0 Å². The van der Waals surface area contributed by atoms with E-state index in [1.165, 1.54) is 16.7 Å². The van der Waals surface area contributed by atoms with Gasteiger partial charge in [-0.25, -0.2) is 0 Å². The number of aryl methyl sites for hydroxylation is 3. The highest BCUT2D eigenvalue weighted by molar-refractivity contribution is 5.61. The zero-order chi connectivity index (χ0) is 25.4. The van der Waals surface area contributed by atoms with Crippen molar-refractivity contribution in [3.63, 3.8) is 0 Å². The topological polar surface area (TPSA) is 39.4 Å². The van der Waals surface area contributed by atoms with Crippen LogP contribution in [0.3, 0.4) is 0 Å². The zero-order valence-corrected chi connectivity index (χ0v) is 21.2. The standard InChI is InChI=1S/C34H28O3/c1-22-4-10-25(11-5-22)28-16-19-31(35-28)34(32-20-17-29(36-32)26-12-6-23(2)7-13-26)33-21-18-30(37-33)27-14-8-24(3)9-15-27/h4-21,34H,1-3H3. The fourth-order valence-corrected chi connectivity index (χ4v) is 4.56. The van der Waals surface area contributed by atoms with E-state index in [0.29, 0.717) is 0 Å². The van der Waals surface area contributed by atoms with Crippen molar-refractivity contribution in [3.05, 3.63) is 143 Å². The molecule has 0 saturated carbocycles. The van der Waals surface area contributed by atoms with E-state index in [0.717, 1.165) is 51.3 Å². The van der Waals surface area contributed by atoms with Gasteiger partial charge in [0, 0.05) is 16.7 Å². The van der Waals surface area contributed by atoms with Gasteiger partial charge in [0.15, 0.2) is 0 Å². The molecule has 3 heteroatoms. The Morgan fingerprint density at radius 1 is 0.351 bits per heavy atom. The van der Waals surface area contributed by atoms with Crippen molar-refractivity contribution < 1.29 is 13.3 Å². The lowest BCUT2D eigenvalue weighted by Gasteiger charge is -2.10. The first-order valence-corrected chi connectivity index (χ1v) is 12.5. The van der Waals surface area contributed by atoms with Crippen LogP contribution >= 0.6 is 0 Å². The van der Waals surface area contributed by atoms with Crippen molar-refractivity contribution in [1.29, 1.82) is 0 Å². The lowest BCUT2D eigenvalue weighted by molar-refractivity contribution is 0.417. The Hall–Kier alpha value is -4.50. The molecule has 37 heavy (non-hydrogen) atoms. The van der Waals surface area contributed by atoms with Crippen molar-refractivity contribution in [2.45, 2.75) is 26.7 Å². The van der Waals surface area contributed by atoms with Crippen LogP contribution in [-0.2, 0) is 0 Å². The number of hydrogen-bond donors (Lipinski definition) is 0. The molecule has 0 unspecified atom stereocenters. The third-order valence-electron chi connectivity index (χ3n) is 6.74. The van der Waals surface area contributed by atoms with Gasteiger partial charge in [0.05, 0.1) is 0 Å². The van der Waals surface area contributed by atoms with Crippen LogP contribution in [0.15, 0.2) is 122 Å². The van der Waals surface area contributed by atoms with Crippen molar-refractivity contribution >= 4 is 0 Å². The van der Waals surface area contributed by atoms with E-state index >= 15 is 0 Å². The van der Waals surface area contributed by atoms with E-state index in [2.05, 4.69) is 93.6 Å². The molecule has 6 aromatic rings. The Bertz CT molecular complexity index is 1430. The van der Waals surface area contributed by atoms with Gasteiger partial charge in [-0.05, 0) is 57.2 Å². The summed E-state index contributed by atoms with van der Waals surface area (Å²) in [4.78, 5) is 0. The summed E-state index contributed by atoms with van der Waals surface area (Å²) in [5.41, 5.74) is 6.76. The molecule has 0 radical (unpaired) electrons. The summed E-state index contributed by atoms with van der Waals surface area (Å²) >= 11 is 0. The van der Waals surface area contributed by atoms with Gasteiger partial charge >= 0.3 is 0 Å². The summed E-state index contributed by atoms with van der Waals surface area (Å²) in [5, 5.41) is 0. The van der Waals surface area contributed by atoms with Gasteiger partial charge in [0.2, 0.25) is 0 Å². The Labute approximate surface area is 217 Å². The molecule has 0 amide bonds. The Kier molecular flexibility index (Phi) is 5.90. The molecule has 0 saturated heterocycles. The van der Waals surface area contributed by atoms with Crippen LogP contribution in [0, 0.1) is 20.8 Å². The molecule has 0 spiro atoms. The minimum atomic E-state index is -0.322. The SMILES string of the molecule is Cc1ccc(-c2ccc(C(c3ccc(-c4ccc(C)cc4)o3)c3ccc(-c4ccc(C)cc4)o3)o2)cc1. The molecular formula is C34H28O3. The van der Waals surface area contributed by atoms with E-state index < -0.39 is 0 Å². The second kappa shape index (κ2) is 9.51. The van der Waals surface area contributed by atoms with Gasteiger partial charge in [0.25, 0.3) is 0 Å². The highest BCUT2D eigenvalue weighted by Crippen LogP contribution is 2.39. The van der Waals surface area contributed by atoms with Crippen LogP contribution in [0.4, 0.5) is 0 Å². The number of rotatable bonds is 6. The van der Waals surface area contributed by atoms with Crippen LogP contribution < -0.4 is 0 Å². The first-order valence-electron chi connectivity index (χ1n) is 12.5. The molecule has 182 valence electrons. The lowest BCUT2D eigenvalue weighted by Crippen LogP contribution is -1.99. The number of hydrogen-bond acceptors (Lipinski definition) is 3. The second-order valence-corrected chi connectivity index (χ2v) is 9.64. The monoisotopic (exact) mass is 484 g/mol. The zero-order valence-electron chi connectivity index (χ0n) is 21.2. The maximum absolute atomic E-state index is 6.42. The molecule has 0 atom stereocenters. The molecule has 3 heterocycles. The van der Waals surface area contributed by atoms with Crippen LogP contribution in [0.2, 0.25) is 0 Å². The van der Waals surface area contributed by atoms with Gasteiger partial charge in [-0.15, -0.1) is 0 Å². The lowest BCUT2D eigenvalue weighted by atomic mass is 10.0. The fraction of sp³-hybridized carbons (Fsp3) is 0.118. The van der Waals surface area contributed by atoms with Gasteiger partial charge in [-0.3, -0.25) is 0 Å². The van der Waals surface area contributed by atoms with Gasteiger partial charge in [-0.2, -0.15) is 0 Å². The summed E-state index contributed by atoms with van der Waals surface area (Å²) in [6.07, 6.45) is 0. The fourth-order valence-electron chi connectivity index (χ4n) is 4.56. The van der Waals surface area contributed by atoms with E-state index in [1.54, 1.807) is 0 Å². The average Bonchev–Trinajstić information content (AvgIpc) is 3.68. The molecule has 0 fully saturated rings. The summed E-state index contributed by atoms with van der Waals surface area (Å²) in [6.45, 7) is 6.25. The average molecular weight is 485 g/mol. The first-order chi connectivity index (χ1) is 18.0. The van der Waals surface area contributed by atoms with Crippen molar-refractivity contribution in [1.82, 2.24) is 0 Å². The largest absolute Gasteiger partial charge is 0.460 e. The van der Waals surface area contributed by atoms with E-state index in [4.69, 9.17) is 13.3 Å². The second-order valence-electron chi connectivity index (χ2n) is 9.64. The summed E-state index contributed by atoms with van der Waals surface area (Å²) < 4.78 is 19.3. The quantitative estimate of drug-likeness (QED) is 0.236. The molecule has 0 aliphatic rings. The third-order valence-corrected chi connectivity index (χ3v) is 6.74. The molecule has 0 aliphatic carbocycles. The Morgan fingerprint density at radius 2 is 0.622 bits per heavy atom. The van der Waals surface area contributed by atoms with Gasteiger partial charge < -0.3 is 13.3 Å². The van der Waals surface area contributed by atoms with E-state index in [1.807, 2.05) is 36.4 Å². The highest BCUT2D eigenvalue weighted by atomic mass is 16.4. The number of furan rings is 3. The molecule has 0 bridgehead atoms. The molecule has 3 aromatic heterocycles. The van der Waals surface area contributed by atoms with Crippen LogP contribution in [-0.4, -0.2) is 0 Å². The maximum atomic E-state index is 6.42. The first kappa shape index (κ1) is 22.9. The highest BCUT2D eigenvalue weighted by Gasteiger charge is 2.28. The van der Waals surface area contributed by atoms with Gasteiger partial charge in [-0.1, -0.05) is 89.5 Å². The normalized spacial score (nSPS) is 11.4. The van der Waals surface area contributed by atoms with Crippen molar-refractivity contribution in [2.75, 3.05) is 0 Å². The molecule has 3 nitrogen and oxygen atoms in total. The van der Waals surface area contributed by atoms with Crippen LogP contribution in [0.1, 0.15) is 39.9 Å². The summed E-state index contributed by atoms with van der Waals surface area (Å²) in [6, 6.07) is 37.1.